The molecule has 1 fully saturated rings. The van der Waals surface area contributed by atoms with Gasteiger partial charge in [-0.2, -0.15) is 0 Å². The Labute approximate surface area is 366 Å². The summed E-state index contributed by atoms with van der Waals surface area (Å²) < 4.78 is 53.2. The van der Waals surface area contributed by atoms with Gasteiger partial charge in [-0.25, -0.2) is 27.0 Å². The van der Waals surface area contributed by atoms with Crippen LogP contribution in [-0.4, -0.2) is 51.6 Å². The average molecular weight is 885 g/mol. The first kappa shape index (κ1) is 46.1. The Balaban J connectivity index is 1.30. The quantitative estimate of drug-likeness (QED) is 0.0619. The molecule has 326 valence electrons. The fourth-order valence-corrected chi connectivity index (χ4v) is 12.4. The van der Waals surface area contributed by atoms with Crippen LogP contribution in [0.25, 0.3) is 21.3 Å². The van der Waals surface area contributed by atoms with Gasteiger partial charge < -0.3 is 10.2 Å². The number of unbranched alkanes of at least 4 members (excludes halogenated alkanes) is 11. The highest BCUT2D eigenvalue weighted by Gasteiger charge is 2.54. The van der Waals surface area contributed by atoms with E-state index in [4.69, 9.17) is 10.1 Å². The minimum atomic E-state index is -4.29. The molecule has 5 aromatic rings. The molecule has 1 saturated heterocycles. The number of benzene rings is 4. The normalized spacial score (nSPS) is 14.3. The number of amides is 2. The van der Waals surface area contributed by atoms with Crippen molar-refractivity contribution >= 4 is 53.2 Å². The lowest BCUT2D eigenvalue weighted by Crippen LogP contribution is -2.50. The van der Waals surface area contributed by atoms with Crippen LogP contribution < -0.4 is 10.5 Å². The van der Waals surface area contributed by atoms with Gasteiger partial charge in [0, 0.05) is 25.2 Å². The van der Waals surface area contributed by atoms with E-state index in [1.54, 1.807) is 30.3 Å². The highest BCUT2D eigenvalue weighted by atomic mass is 32.2. The van der Waals surface area contributed by atoms with Gasteiger partial charge in [-0.1, -0.05) is 145 Å². The molecule has 6 rings (SSSR count). The van der Waals surface area contributed by atoms with Crippen LogP contribution in [0.2, 0.25) is 0 Å². The SMILES string of the molecule is CCCCCCCCCCCCCCC(C(=O)NCc1cccc(S(N)(=O)=O)c1)(c1nc2ccc(-c3ccc(C(=O)N4CCCC4)cc3)cc2s1)S(=O)(=O)Cc1ccccc1. The molecule has 0 saturated carbocycles. The second kappa shape index (κ2) is 21.6. The zero-order valence-electron chi connectivity index (χ0n) is 35.3. The maximum atomic E-state index is 15.1. The van der Waals surface area contributed by atoms with Crippen LogP contribution in [0.4, 0.5) is 0 Å². The third-order valence-electron chi connectivity index (χ3n) is 11.8. The number of nitrogens with one attached hydrogen (secondary N) is 1. The topological polar surface area (TPSA) is 157 Å². The summed E-state index contributed by atoms with van der Waals surface area (Å²) >= 11 is 1.21. The molecule has 1 unspecified atom stereocenters. The van der Waals surface area contributed by atoms with Crippen LogP contribution in [0.5, 0.6) is 0 Å². The van der Waals surface area contributed by atoms with Gasteiger partial charge in [0.05, 0.1) is 20.9 Å². The van der Waals surface area contributed by atoms with Gasteiger partial charge in [0.15, 0.2) is 9.84 Å². The Morgan fingerprint density at radius 3 is 1.97 bits per heavy atom. The molecule has 0 radical (unpaired) electrons. The number of primary sulfonamides is 1. The lowest BCUT2D eigenvalue weighted by Gasteiger charge is -2.31. The number of aromatic nitrogens is 1. The Kier molecular flexibility index (Phi) is 16.3. The standard InChI is InChI=1S/C48H60N4O6S3/c1-2-3-4-5-6-7-8-9-10-11-12-16-30-48(60(55,56)36-37-20-14-13-15-21-37,46(54)50-35-38-22-19-23-42(33-38)61(49,57)58)47-51-43-29-28-41(34-44(43)59-47)39-24-26-40(27-25-39)45(53)52-31-17-18-32-52/h13-15,19-29,33-34H,2-12,16-18,30-32,35-36H2,1H3,(H,50,54)(H2,49,57,58). The van der Waals surface area contributed by atoms with E-state index in [1.807, 2.05) is 53.4 Å². The number of thiazole rings is 1. The molecule has 10 nitrogen and oxygen atoms in total. The molecule has 0 aliphatic carbocycles. The van der Waals surface area contributed by atoms with Crippen molar-refractivity contribution in [3.8, 4) is 11.1 Å². The molecule has 4 aromatic carbocycles. The van der Waals surface area contributed by atoms with Crippen molar-refractivity contribution in [3.63, 3.8) is 0 Å². The smallest absolute Gasteiger partial charge is 0.253 e. The van der Waals surface area contributed by atoms with Gasteiger partial charge in [-0.3, -0.25) is 9.59 Å². The average Bonchev–Trinajstić information content (AvgIpc) is 3.95. The van der Waals surface area contributed by atoms with Gasteiger partial charge in [0.2, 0.25) is 20.7 Å². The van der Waals surface area contributed by atoms with Crippen LogP contribution >= 0.6 is 11.3 Å². The number of rotatable bonds is 23. The number of fused-ring (bicyclic) bond motifs is 1. The van der Waals surface area contributed by atoms with Crippen molar-refractivity contribution in [1.29, 1.82) is 0 Å². The number of hydrogen-bond acceptors (Lipinski definition) is 8. The first-order valence-corrected chi connectivity index (χ1v) is 25.9. The van der Waals surface area contributed by atoms with Crippen LogP contribution in [0.1, 0.15) is 130 Å². The number of nitrogens with two attached hydrogens (primary N) is 1. The van der Waals surface area contributed by atoms with E-state index in [9.17, 15) is 18.0 Å². The summed E-state index contributed by atoms with van der Waals surface area (Å²) in [6.07, 6.45) is 15.2. The summed E-state index contributed by atoms with van der Waals surface area (Å²) in [5, 5.41) is 8.50. The molecule has 2 amide bonds. The predicted molar refractivity (Wildman–Crippen MR) is 246 cm³/mol. The van der Waals surface area contributed by atoms with E-state index >= 15 is 8.42 Å². The molecular formula is C48H60N4O6S3. The first-order valence-electron chi connectivity index (χ1n) is 21.9. The summed E-state index contributed by atoms with van der Waals surface area (Å²) in [6, 6.07) is 28.1. The van der Waals surface area contributed by atoms with E-state index in [1.165, 1.54) is 74.5 Å². The largest absolute Gasteiger partial charge is 0.350 e. The maximum absolute atomic E-state index is 15.1. The predicted octanol–water partition coefficient (Wildman–Crippen LogP) is 10.1. The van der Waals surface area contributed by atoms with Crippen molar-refractivity contribution in [2.75, 3.05) is 13.1 Å². The Morgan fingerprint density at radius 2 is 1.33 bits per heavy atom. The van der Waals surface area contributed by atoms with Crippen molar-refractivity contribution in [3.05, 3.63) is 119 Å². The van der Waals surface area contributed by atoms with Crippen molar-refractivity contribution < 1.29 is 26.4 Å². The number of carbonyl (C=O) groups excluding carboxylic acids is 2. The molecule has 2 heterocycles. The fourth-order valence-electron chi connectivity index (χ4n) is 8.22. The van der Waals surface area contributed by atoms with Crippen LogP contribution in [0, 0.1) is 0 Å². The molecule has 1 atom stereocenters. The summed E-state index contributed by atoms with van der Waals surface area (Å²) in [6.45, 7) is 3.66. The third-order valence-corrected chi connectivity index (χ3v) is 16.3. The Hall–Kier alpha value is -4.43. The van der Waals surface area contributed by atoms with E-state index in [0.717, 1.165) is 67.4 Å². The fraction of sp³-hybridized carbons (Fsp3) is 0.438. The van der Waals surface area contributed by atoms with Gasteiger partial charge in [-0.05, 0) is 77.9 Å². The molecule has 61 heavy (non-hydrogen) atoms. The second-order valence-electron chi connectivity index (χ2n) is 16.4. The number of likely N-dealkylation sites (tertiary alicyclic amines) is 1. The molecule has 3 N–H and O–H groups in total. The molecule has 1 aliphatic heterocycles. The van der Waals surface area contributed by atoms with Gasteiger partial charge in [0.1, 0.15) is 5.01 Å². The molecule has 1 aliphatic rings. The van der Waals surface area contributed by atoms with Crippen LogP contribution in [-0.2, 0) is 41.7 Å². The van der Waals surface area contributed by atoms with Gasteiger partial charge in [-0.15, -0.1) is 11.3 Å². The number of sulfone groups is 1. The third kappa shape index (κ3) is 11.9. The summed E-state index contributed by atoms with van der Waals surface area (Å²) in [5.41, 5.74) is 4.01. The van der Waals surface area contributed by atoms with Crippen molar-refractivity contribution in [1.82, 2.24) is 15.2 Å². The molecule has 1 aromatic heterocycles. The number of nitrogens with zero attached hydrogens (tertiary/aromatic N) is 2. The molecule has 13 heteroatoms. The van der Waals surface area contributed by atoms with E-state index in [2.05, 4.69) is 12.2 Å². The summed E-state index contributed by atoms with van der Waals surface area (Å²) in [4.78, 5) is 34.7. The first-order chi connectivity index (χ1) is 29.4. The monoisotopic (exact) mass is 884 g/mol. The number of sulfonamides is 1. The van der Waals surface area contributed by atoms with Gasteiger partial charge in [0.25, 0.3) is 5.91 Å². The van der Waals surface area contributed by atoms with Crippen molar-refractivity contribution in [2.45, 2.75) is 125 Å². The van der Waals surface area contributed by atoms with Crippen LogP contribution in [0.15, 0.2) is 102 Å². The maximum Gasteiger partial charge on any atom is 0.253 e. The highest BCUT2D eigenvalue weighted by molar-refractivity contribution is 7.92. The van der Waals surface area contributed by atoms with Crippen LogP contribution in [0.3, 0.4) is 0 Å². The minimum absolute atomic E-state index is 0.0296. The number of hydrogen-bond donors (Lipinski definition) is 2. The lowest BCUT2D eigenvalue weighted by atomic mass is 9.98. The summed E-state index contributed by atoms with van der Waals surface area (Å²) in [5.74, 6) is -1.04. The van der Waals surface area contributed by atoms with E-state index in [0.29, 0.717) is 28.6 Å². The second-order valence-corrected chi connectivity index (χ2v) is 21.2. The Bertz CT molecular complexity index is 2450. The van der Waals surface area contributed by atoms with E-state index < -0.39 is 30.5 Å². The van der Waals surface area contributed by atoms with Gasteiger partial charge >= 0.3 is 0 Å². The summed E-state index contributed by atoms with van der Waals surface area (Å²) in [7, 11) is -8.29. The molecule has 0 spiro atoms. The number of carbonyl (C=O) groups is 2. The lowest BCUT2D eigenvalue weighted by molar-refractivity contribution is -0.124. The Morgan fingerprint density at radius 1 is 0.721 bits per heavy atom. The zero-order chi connectivity index (χ0) is 43.3. The van der Waals surface area contributed by atoms with E-state index in [-0.39, 0.29) is 34.5 Å². The molecule has 0 bridgehead atoms. The molecular weight excluding hydrogens is 825 g/mol. The highest BCUT2D eigenvalue weighted by Crippen LogP contribution is 2.43. The van der Waals surface area contributed by atoms with Crippen molar-refractivity contribution in [2.24, 2.45) is 5.14 Å². The zero-order valence-corrected chi connectivity index (χ0v) is 37.8. The minimum Gasteiger partial charge on any atom is -0.350 e.